The molecule has 0 spiro atoms. The summed E-state index contributed by atoms with van der Waals surface area (Å²) < 4.78 is 2.64. The molecule has 3 aromatic rings. The minimum absolute atomic E-state index is 0.0145. The normalized spacial score (nSPS) is 12.3. The molecule has 0 radical (unpaired) electrons. The summed E-state index contributed by atoms with van der Waals surface area (Å²) in [7, 11) is 0. The molecule has 0 bridgehead atoms. The number of halogens is 1. The number of carbonyl (C=O) groups excluding carboxylic acids is 1. The number of Topliss-reactive ketones (excluding diaryl/α,β-unsaturated/α-hetero) is 1. The molecular formula is C20H19BrN2O2S. The summed E-state index contributed by atoms with van der Waals surface area (Å²) in [5.41, 5.74) is 1.26. The van der Waals surface area contributed by atoms with Crippen molar-refractivity contribution in [2.45, 2.75) is 31.5 Å². The summed E-state index contributed by atoms with van der Waals surface area (Å²) in [4.78, 5) is 30.0. The molecule has 0 amide bonds. The third-order valence-electron chi connectivity index (χ3n) is 4.31. The predicted octanol–water partition coefficient (Wildman–Crippen LogP) is 5.11. The van der Waals surface area contributed by atoms with Crippen LogP contribution in [0.4, 0.5) is 0 Å². The monoisotopic (exact) mass is 430 g/mol. The quantitative estimate of drug-likeness (QED) is 0.309. The van der Waals surface area contributed by atoms with Crippen LogP contribution in [0.2, 0.25) is 0 Å². The van der Waals surface area contributed by atoms with Gasteiger partial charge in [-0.15, -0.1) is 0 Å². The number of carbonyl (C=O) groups is 1. The molecule has 26 heavy (non-hydrogen) atoms. The van der Waals surface area contributed by atoms with Crippen molar-refractivity contribution < 1.29 is 4.79 Å². The Balaban J connectivity index is 1.94. The van der Waals surface area contributed by atoms with Gasteiger partial charge in [-0.2, -0.15) is 0 Å². The predicted molar refractivity (Wildman–Crippen MR) is 110 cm³/mol. The lowest BCUT2D eigenvalue weighted by Gasteiger charge is -2.18. The van der Waals surface area contributed by atoms with E-state index < -0.39 is 0 Å². The fourth-order valence-electron chi connectivity index (χ4n) is 2.65. The van der Waals surface area contributed by atoms with Crippen LogP contribution in [0, 0.1) is 0 Å². The Morgan fingerprint density at radius 2 is 1.88 bits per heavy atom. The maximum Gasteiger partial charge on any atom is 0.262 e. The largest absolute Gasteiger partial charge is 0.293 e. The zero-order valence-electron chi connectivity index (χ0n) is 14.6. The summed E-state index contributed by atoms with van der Waals surface area (Å²) >= 11 is 4.69. The molecular weight excluding hydrogens is 412 g/mol. The van der Waals surface area contributed by atoms with Gasteiger partial charge in [-0.3, -0.25) is 14.2 Å². The van der Waals surface area contributed by atoms with Crippen LogP contribution < -0.4 is 5.56 Å². The van der Waals surface area contributed by atoms with Crippen molar-refractivity contribution in [2.75, 3.05) is 5.75 Å². The maximum absolute atomic E-state index is 12.9. The van der Waals surface area contributed by atoms with Gasteiger partial charge in [0.15, 0.2) is 10.9 Å². The lowest BCUT2D eigenvalue weighted by Crippen LogP contribution is -2.26. The summed E-state index contributed by atoms with van der Waals surface area (Å²) in [5, 5.41) is 1.20. The van der Waals surface area contributed by atoms with E-state index in [0.29, 0.717) is 21.6 Å². The molecule has 1 atom stereocenters. The first-order valence-corrected chi connectivity index (χ1v) is 10.2. The van der Waals surface area contributed by atoms with E-state index in [9.17, 15) is 9.59 Å². The van der Waals surface area contributed by atoms with Gasteiger partial charge >= 0.3 is 0 Å². The number of fused-ring (bicyclic) bond motifs is 1. The molecule has 0 saturated carbocycles. The van der Waals surface area contributed by atoms with Gasteiger partial charge in [-0.25, -0.2) is 4.98 Å². The average Bonchev–Trinajstić information content (AvgIpc) is 2.66. The first-order valence-electron chi connectivity index (χ1n) is 8.44. The summed E-state index contributed by atoms with van der Waals surface area (Å²) in [6.45, 7) is 4.03. The Hall–Kier alpha value is -1.92. The van der Waals surface area contributed by atoms with Gasteiger partial charge in [-0.1, -0.05) is 58.9 Å². The first kappa shape index (κ1) is 18.9. The molecule has 1 unspecified atom stereocenters. The van der Waals surface area contributed by atoms with E-state index in [1.807, 2.05) is 44.2 Å². The Kier molecular flexibility index (Phi) is 5.94. The van der Waals surface area contributed by atoms with E-state index in [-0.39, 0.29) is 23.1 Å². The van der Waals surface area contributed by atoms with Crippen LogP contribution in [0.25, 0.3) is 10.9 Å². The number of rotatable bonds is 6. The fraction of sp³-hybridized carbons (Fsp3) is 0.250. The molecule has 0 aliphatic rings. The van der Waals surface area contributed by atoms with E-state index in [1.165, 1.54) is 11.8 Å². The number of thioether (sulfide) groups is 1. The van der Waals surface area contributed by atoms with Gasteiger partial charge in [0.2, 0.25) is 0 Å². The van der Waals surface area contributed by atoms with E-state index in [0.717, 1.165) is 10.9 Å². The Morgan fingerprint density at radius 3 is 2.58 bits per heavy atom. The van der Waals surface area contributed by atoms with Crippen molar-refractivity contribution in [2.24, 2.45) is 0 Å². The molecule has 3 rings (SSSR count). The molecule has 0 aliphatic heterocycles. The number of ketones is 1. The number of hydrogen-bond donors (Lipinski definition) is 0. The third kappa shape index (κ3) is 3.91. The highest BCUT2D eigenvalue weighted by Crippen LogP contribution is 2.23. The second-order valence-corrected chi connectivity index (χ2v) is 7.92. The van der Waals surface area contributed by atoms with Crippen molar-refractivity contribution in [1.29, 1.82) is 0 Å². The fourth-order valence-corrected chi connectivity index (χ4v) is 3.90. The molecule has 2 aromatic carbocycles. The van der Waals surface area contributed by atoms with E-state index in [2.05, 4.69) is 20.9 Å². The van der Waals surface area contributed by atoms with Crippen molar-refractivity contribution in [3.63, 3.8) is 0 Å². The Bertz CT molecular complexity index is 999. The van der Waals surface area contributed by atoms with Crippen LogP contribution >= 0.6 is 27.7 Å². The second-order valence-electron chi connectivity index (χ2n) is 6.06. The van der Waals surface area contributed by atoms with Crippen LogP contribution in [-0.4, -0.2) is 21.1 Å². The van der Waals surface area contributed by atoms with Crippen LogP contribution in [-0.2, 0) is 0 Å². The van der Waals surface area contributed by atoms with Crippen LogP contribution in [0.1, 0.15) is 36.7 Å². The standard InChI is InChI=1S/C20H19BrN2O2S/c1-3-13(2)23-19(25)16-6-4-5-7-17(16)22-20(23)26-12-18(24)14-8-10-15(21)11-9-14/h4-11,13H,3,12H2,1-2H3. The zero-order chi connectivity index (χ0) is 18.7. The van der Waals surface area contributed by atoms with Gasteiger partial charge in [0.05, 0.1) is 16.7 Å². The molecule has 0 N–H and O–H groups in total. The summed E-state index contributed by atoms with van der Waals surface area (Å²) in [6.07, 6.45) is 0.814. The number of benzene rings is 2. The van der Waals surface area contributed by atoms with Crippen molar-refractivity contribution >= 4 is 44.4 Å². The topological polar surface area (TPSA) is 52.0 Å². The summed E-state index contributed by atoms with van der Waals surface area (Å²) in [6, 6.07) is 14.6. The minimum atomic E-state index is -0.0523. The van der Waals surface area contributed by atoms with Gasteiger partial charge in [-0.05, 0) is 37.6 Å². The molecule has 0 aliphatic carbocycles. The number of para-hydroxylation sites is 1. The first-order chi connectivity index (χ1) is 12.5. The second kappa shape index (κ2) is 8.18. The number of hydrogen-bond acceptors (Lipinski definition) is 4. The maximum atomic E-state index is 12.9. The van der Waals surface area contributed by atoms with E-state index in [1.54, 1.807) is 22.8 Å². The minimum Gasteiger partial charge on any atom is -0.293 e. The molecule has 1 heterocycles. The zero-order valence-corrected chi connectivity index (χ0v) is 17.0. The lowest BCUT2D eigenvalue weighted by molar-refractivity contribution is 0.102. The molecule has 134 valence electrons. The molecule has 4 nitrogen and oxygen atoms in total. The average molecular weight is 431 g/mol. The molecule has 0 fully saturated rings. The number of nitrogens with zero attached hydrogens (tertiary/aromatic N) is 2. The van der Waals surface area contributed by atoms with Gasteiger partial charge in [0.1, 0.15) is 0 Å². The van der Waals surface area contributed by atoms with Gasteiger partial charge in [0, 0.05) is 16.1 Å². The highest BCUT2D eigenvalue weighted by molar-refractivity contribution is 9.10. The summed E-state index contributed by atoms with van der Waals surface area (Å²) in [5.74, 6) is 0.253. The van der Waals surface area contributed by atoms with Gasteiger partial charge < -0.3 is 0 Å². The highest BCUT2D eigenvalue weighted by Gasteiger charge is 2.17. The van der Waals surface area contributed by atoms with Crippen molar-refractivity contribution in [1.82, 2.24) is 9.55 Å². The molecule has 1 aromatic heterocycles. The highest BCUT2D eigenvalue weighted by atomic mass is 79.9. The smallest absolute Gasteiger partial charge is 0.262 e. The number of aromatic nitrogens is 2. The third-order valence-corrected chi connectivity index (χ3v) is 5.79. The van der Waals surface area contributed by atoms with Gasteiger partial charge in [0.25, 0.3) is 5.56 Å². The van der Waals surface area contributed by atoms with Crippen LogP contribution in [0.15, 0.2) is 63.0 Å². The Morgan fingerprint density at radius 1 is 1.19 bits per heavy atom. The van der Waals surface area contributed by atoms with Crippen molar-refractivity contribution in [3.8, 4) is 0 Å². The molecule has 0 saturated heterocycles. The van der Waals surface area contributed by atoms with Crippen LogP contribution in [0.3, 0.4) is 0 Å². The SMILES string of the molecule is CCC(C)n1c(SCC(=O)c2ccc(Br)cc2)nc2ccccc2c1=O. The van der Waals surface area contributed by atoms with Crippen molar-refractivity contribution in [3.05, 3.63) is 68.9 Å². The van der Waals surface area contributed by atoms with E-state index >= 15 is 0 Å². The Labute approximate surface area is 164 Å². The van der Waals surface area contributed by atoms with E-state index in [4.69, 9.17) is 0 Å². The molecule has 6 heteroatoms. The lowest BCUT2D eigenvalue weighted by atomic mass is 10.2. The van der Waals surface area contributed by atoms with Crippen LogP contribution in [0.5, 0.6) is 0 Å².